The van der Waals surface area contributed by atoms with Crippen molar-refractivity contribution < 1.29 is 72.2 Å². The van der Waals surface area contributed by atoms with Crippen LogP contribution in [0, 0.1) is 48.5 Å². The van der Waals surface area contributed by atoms with E-state index in [0.717, 1.165) is 204 Å². The molecule has 7 aromatic heterocycles. The third-order valence-corrected chi connectivity index (χ3v) is 25.6. The van der Waals surface area contributed by atoms with Crippen molar-refractivity contribution in [1.29, 1.82) is 0 Å². The quantitative estimate of drug-likeness (QED) is 0.0162. The van der Waals surface area contributed by atoms with E-state index in [-0.39, 0.29) is 81.3 Å². The number of rotatable bonds is 24. The number of thiol groups is 2. The normalized spacial score (nSPS) is 18.2. The van der Waals surface area contributed by atoms with E-state index in [9.17, 15) is 10.2 Å². The molecule has 7 aromatic rings. The third kappa shape index (κ3) is 37.4. The Morgan fingerprint density at radius 3 is 0.710 bits per heavy atom. The number of aliphatic hydroxyl groups is 1. The Kier molecular flexibility index (Phi) is 49.2. The van der Waals surface area contributed by atoms with E-state index in [4.69, 9.17) is 85.2 Å². The maximum atomic E-state index is 9.89. The van der Waals surface area contributed by atoms with Gasteiger partial charge in [-0.05, 0) is 348 Å². The number of hydrogen-bond acceptors (Lipinski definition) is 33. The van der Waals surface area contributed by atoms with Crippen LogP contribution in [0.15, 0.2) is 35.7 Å². The fraction of sp³-hybridized carbons (Fsp3) is 0.696. The summed E-state index contributed by atoms with van der Waals surface area (Å²) in [4.78, 5) is 58.8. The number of aryl methyl sites for hydroxylation is 7. The van der Waals surface area contributed by atoms with Crippen molar-refractivity contribution in [2.45, 2.75) is 414 Å². The van der Waals surface area contributed by atoms with E-state index in [0.29, 0.717) is 125 Å². The van der Waals surface area contributed by atoms with Crippen molar-refractivity contribution >= 4 is 96.0 Å². The van der Waals surface area contributed by atoms with Crippen molar-refractivity contribution in [2.75, 3.05) is 0 Å². The third-order valence-electron chi connectivity index (χ3n) is 23.4. The molecule has 0 aromatic carbocycles. The molecule has 0 saturated heterocycles. The van der Waals surface area contributed by atoms with Crippen LogP contribution in [0.25, 0.3) is 0 Å². The van der Waals surface area contributed by atoms with Crippen LogP contribution in [0.1, 0.15) is 326 Å². The van der Waals surface area contributed by atoms with Gasteiger partial charge in [-0.3, -0.25) is 0 Å². The second-order valence-corrected chi connectivity index (χ2v) is 36.4. The van der Waals surface area contributed by atoms with Gasteiger partial charge in [0.25, 0.3) is 11.8 Å². The Hall–Kier alpha value is -7.31. The zero-order chi connectivity index (χ0) is 91.4. The van der Waals surface area contributed by atoms with Crippen molar-refractivity contribution in [2.24, 2.45) is 8.60 Å². The summed E-state index contributed by atoms with van der Waals surface area (Å²) < 4.78 is 75.8. The standard InChI is InChI=1S/2C13H17BrN2O2.2C13H18N2O3.2C13H18N2O2.C5H4Cl2N2.C4H8O.C2H6.3CH4.2BHNS/c2*1-8-11(14)12(17-9-4-2-5-9)16-13(15-8)18-10-6-3-7-10;2*1-8-11(16)12(17-9-4-2-5-9)15-13(14-8)18-10-6-3-7-10;2*1-9-8-12(16-10-4-2-5-10)15-13(14-9)17-11-6-3-7-11;1-3-2-4(6)9-5(7)8-3;5-4-2-1-3-4;1-2;;;;2*1-2-3/h2*9-10H,2-7H2,1H3;2*9-10,16H,2-7H2,1H3;2*8,10-11H,2-7H2,1H3;2H,1H3;4-5H,1-3H2;1-2H3;3*1H4;2*3H. The fourth-order valence-corrected chi connectivity index (χ4v) is 13.5. The van der Waals surface area contributed by atoms with Crippen LogP contribution in [0.5, 0.6) is 82.8 Å². The summed E-state index contributed by atoms with van der Waals surface area (Å²) in [6.45, 7) is 17.0. The SMILES string of the molecule is C.C.C.CC.Cc1cc(Cl)nc(Cl)n1.Cc1cc(OC2CCC2)nc(OC2CCC2)n1.Cc1cc(OC2CCC2)nc(OC2CCC2)n1.Cc1nc(OC2CCC2)nc(OC2CCC2)c1Br.Cc1nc(OC2CCC2)nc(OC2CCC2)c1Br.Cc1nc(OC2CCC2)nc(OC2CCC2)c1O.Cc1nc(OC2CCC2)nc(OC2CCC2)c1O.OC1CCC1.[B]=NS.[B]=NS. The van der Waals surface area contributed by atoms with Gasteiger partial charge in [0.1, 0.15) is 87.3 Å². The monoisotopic (exact) mass is 2020 g/mol. The summed E-state index contributed by atoms with van der Waals surface area (Å²) >= 11 is 24.3. The van der Waals surface area contributed by atoms with E-state index < -0.39 is 0 Å². The first-order chi connectivity index (χ1) is 61.9. The van der Waals surface area contributed by atoms with Gasteiger partial charge in [-0.2, -0.15) is 49.8 Å². The van der Waals surface area contributed by atoms with Crippen LogP contribution in [-0.4, -0.2) is 180 Å². The zero-order valence-corrected chi connectivity index (χ0v) is 81.7. The van der Waals surface area contributed by atoms with Crippen molar-refractivity contribution in [3.05, 3.63) is 77.4 Å². The summed E-state index contributed by atoms with van der Waals surface area (Å²) in [6.07, 6.45) is 47.8. The van der Waals surface area contributed by atoms with Gasteiger partial charge in [-0.1, -0.05) is 47.7 Å². The number of hydrogen-bond donors (Lipinski definition) is 5. The predicted octanol–water partition coefficient (Wildman–Crippen LogP) is 22.7. The molecule has 13 aliphatic rings. The summed E-state index contributed by atoms with van der Waals surface area (Å²) in [5, 5.41) is 28.8. The number of aliphatic hydroxyl groups excluding tert-OH is 1. The first kappa shape index (κ1) is 111. The van der Waals surface area contributed by atoms with E-state index in [1.807, 2.05) is 53.7 Å². The molecule has 3 N–H and O–H groups in total. The zero-order valence-electron chi connectivity index (χ0n) is 75.3. The topological polar surface area (TPSA) is 377 Å². The van der Waals surface area contributed by atoms with E-state index in [1.54, 1.807) is 26.8 Å². The molecule has 31 nitrogen and oxygen atoms in total. The molecule has 13 saturated carbocycles. The summed E-state index contributed by atoms with van der Waals surface area (Å²) in [6, 6.07) is 7.91. The van der Waals surface area contributed by atoms with Crippen molar-refractivity contribution in [3.8, 4) is 82.8 Å². The molecule has 13 aliphatic carbocycles. The average molecular weight is 2020 g/mol. The first-order valence-corrected chi connectivity index (χ1v) is 48.9. The predicted molar refractivity (Wildman–Crippen MR) is 521 cm³/mol. The van der Waals surface area contributed by atoms with Gasteiger partial charge >= 0.3 is 85.6 Å². The molecule has 722 valence electrons. The fourth-order valence-electron chi connectivity index (χ4n) is 12.4. The number of aromatic nitrogens is 14. The Balaban J connectivity index is 0.000000204. The molecule has 0 unspecified atom stereocenters. The minimum absolute atomic E-state index is 0. The van der Waals surface area contributed by atoms with Crippen LogP contribution in [0.4, 0.5) is 0 Å². The summed E-state index contributed by atoms with van der Waals surface area (Å²) in [5.74, 6) is 3.17. The molecule has 0 atom stereocenters. The number of nitrogens with zero attached hydrogens (tertiary/aromatic N) is 16. The second kappa shape index (κ2) is 58.2. The molecule has 13 fully saturated rings. The van der Waals surface area contributed by atoms with Crippen LogP contribution in [0.3, 0.4) is 0 Å². The van der Waals surface area contributed by atoms with Gasteiger partial charge in [-0.25, -0.2) is 19.9 Å². The Bertz CT molecular complexity index is 4040. The molecule has 20 rings (SSSR count). The Morgan fingerprint density at radius 1 is 0.298 bits per heavy atom. The summed E-state index contributed by atoms with van der Waals surface area (Å²) in [5.41, 5.74) is 5.34. The minimum atomic E-state index is 0. The molecular weight excluding hydrogens is 1890 g/mol. The van der Waals surface area contributed by atoms with Crippen molar-refractivity contribution in [1.82, 2.24) is 69.8 Å². The molecular formula is C92H138B2Br2Cl2N16O15S2. The molecule has 0 spiro atoms. The van der Waals surface area contributed by atoms with Gasteiger partial charge < -0.3 is 72.2 Å². The van der Waals surface area contributed by atoms with Gasteiger partial charge in [0.2, 0.25) is 28.8 Å². The Labute approximate surface area is 815 Å². The van der Waals surface area contributed by atoms with E-state index in [2.05, 4.69) is 151 Å². The first-order valence-electron chi connectivity index (χ1n) is 45.8. The van der Waals surface area contributed by atoms with Crippen LogP contribution >= 0.6 is 80.7 Å². The summed E-state index contributed by atoms with van der Waals surface area (Å²) in [7, 11) is 8.67. The van der Waals surface area contributed by atoms with Gasteiger partial charge in [0.05, 0.1) is 28.9 Å². The van der Waals surface area contributed by atoms with E-state index >= 15 is 0 Å². The van der Waals surface area contributed by atoms with Crippen LogP contribution in [-0.2, 0) is 0 Å². The van der Waals surface area contributed by atoms with Crippen molar-refractivity contribution in [3.63, 3.8) is 0 Å². The molecule has 2 radical (unpaired) electrons. The van der Waals surface area contributed by atoms with Gasteiger partial charge in [0, 0.05) is 29.2 Å². The molecule has 0 bridgehead atoms. The Morgan fingerprint density at radius 2 is 0.496 bits per heavy atom. The second-order valence-electron chi connectivity index (χ2n) is 33.6. The maximum absolute atomic E-state index is 9.89. The number of halogens is 4. The number of aromatic hydroxyl groups is 2. The molecule has 0 amide bonds. The van der Waals surface area contributed by atoms with Gasteiger partial charge in [0.15, 0.2) is 11.5 Å². The number of ether oxygens (including phenoxy) is 12. The van der Waals surface area contributed by atoms with Crippen LogP contribution < -0.4 is 56.8 Å². The molecule has 0 aliphatic heterocycles. The average Bonchev–Trinajstić information content (AvgIpc) is 0.828. The molecule has 39 heteroatoms. The molecule has 7 heterocycles. The van der Waals surface area contributed by atoms with Crippen LogP contribution in [0.2, 0.25) is 10.4 Å². The van der Waals surface area contributed by atoms with E-state index in [1.165, 1.54) is 83.5 Å². The van der Waals surface area contributed by atoms with Gasteiger partial charge in [-0.15, -0.1) is 0 Å². The molecule has 131 heavy (non-hydrogen) atoms.